The Morgan fingerprint density at radius 2 is 1.89 bits per heavy atom. The van der Waals surface area contributed by atoms with Crippen molar-refractivity contribution in [3.63, 3.8) is 0 Å². The van der Waals surface area contributed by atoms with Gasteiger partial charge in [-0.25, -0.2) is 0 Å². The maximum absolute atomic E-state index is 6.37. The summed E-state index contributed by atoms with van der Waals surface area (Å²) < 4.78 is 0. The third-order valence-electron chi connectivity index (χ3n) is 4.80. The fourth-order valence-corrected chi connectivity index (χ4v) is 3.68. The van der Waals surface area contributed by atoms with E-state index in [1.807, 2.05) is 0 Å². The predicted octanol–water partition coefficient (Wildman–Crippen LogP) is 2.79. The maximum atomic E-state index is 6.37. The summed E-state index contributed by atoms with van der Waals surface area (Å²) in [6, 6.07) is 5.22. The molecule has 2 nitrogen and oxygen atoms in total. The van der Waals surface area contributed by atoms with Gasteiger partial charge in [0.25, 0.3) is 0 Å². The van der Waals surface area contributed by atoms with Crippen LogP contribution in [0.1, 0.15) is 55.4 Å². The molecule has 0 bridgehead atoms. The van der Waals surface area contributed by atoms with Crippen LogP contribution in [0.15, 0.2) is 12.1 Å². The van der Waals surface area contributed by atoms with Gasteiger partial charge in [0, 0.05) is 25.0 Å². The van der Waals surface area contributed by atoms with Gasteiger partial charge in [-0.2, -0.15) is 0 Å². The molecule has 0 saturated carbocycles. The van der Waals surface area contributed by atoms with E-state index in [0.717, 1.165) is 25.9 Å². The van der Waals surface area contributed by atoms with Crippen molar-refractivity contribution in [2.24, 2.45) is 5.73 Å². The maximum Gasteiger partial charge on any atom is 0.0234 e. The van der Waals surface area contributed by atoms with E-state index >= 15 is 0 Å². The van der Waals surface area contributed by atoms with Crippen molar-refractivity contribution in [3.8, 4) is 0 Å². The first-order valence-corrected chi connectivity index (χ1v) is 7.46. The van der Waals surface area contributed by atoms with Crippen LogP contribution in [-0.2, 0) is 18.4 Å². The summed E-state index contributed by atoms with van der Waals surface area (Å²) in [5.41, 5.74) is 12.8. The zero-order chi connectivity index (χ0) is 13.8. The van der Waals surface area contributed by atoms with E-state index in [-0.39, 0.29) is 5.41 Å². The zero-order valence-corrected chi connectivity index (χ0v) is 12.7. The molecule has 3 rings (SSSR count). The molecule has 0 aromatic heterocycles. The number of hydrogen-bond donors (Lipinski definition) is 1. The van der Waals surface area contributed by atoms with Gasteiger partial charge in [-0.3, -0.25) is 0 Å². The highest BCUT2D eigenvalue weighted by Gasteiger charge is 2.34. The molecular formula is C17H26N2. The number of nitrogens with two attached hydrogens (primary N) is 1. The van der Waals surface area contributed by atoms with Crippen LogP contribution in [0.2, 0.25) is 0 Å². The van der Waals surface area contributed by atoms with Gasteiger partial charge >= 0.3 is 0 Å². The van der Waals surface area contributed by atoms with Gasteiger partial charge in [-0.05, 0) is 47.6 Å². The van der Waals surface area contributed by atoms with Crippen molar-refractivity contribution < 1.29 is 0 Å². The lowest BCUT2D eigenvalue weighted by Crippen LogP contribution is -2.43. The standard InChI is InChI=1S/C17H26N2/c1-17(2,3)13-7-11-5-6-15(18)14-10-19(4)9-12(8-13)16(11)14/h7-8,14-15H,5-6,9-10,18H2,1-4H3. The Morgan fingerprint density at radius 3 is 2.58 bits per heavy atom. The lowest BCUT2D eigenvalue weighted by molar-refractivity contribution is 0.252. The van der Waals surface area contributed by atoms with Gasteiger partial charge in [-0.1, -0.05) is 32.9 Å². The first kappa shape index (κ1) is 13.1. The normalized spacial score (nSPS) is 27.2. The lowest BCUT2D eigenvalue weighted by Gasteiger charge is -2.41. The van der Waals surface area contributed by atoms with Crippen LogP contribution in [0.25, 0.3) is 0 Å². The Labute approximate surface area is 117 Å². The molecule has 0 radical (unpaired) electrons. The fourth-order valence-electron chi connectivity index (χ4n) is 3.68. The van der Waals surface area contributed by atoms with E-state index in [0.29, 0.717) is 12.0 Å². The molecule has 0 spiro atoms. The van der Waals surface area contributed by atoms with E-state index in [2.05, 4.69) is 44.9 Å². The molecule has 2 unspecified atom stereocenters. The van der Waals surface area contributed by atoms with Gasteiger partial charge in [0.2, 0.25) is 0 Å². The Balaban J connectivity index is 2.15. The summed E-state index contributed by atoms with van der Waals surface area (Å²) in [6.45, 7) is 9.12. The molecule has 2 aliphatic rings. The van der Waals surface area contributed by atoms with Crippen LogP contribution in [0.5, 0.6) is 0 Å². The highest BCUT2D eigenvalue weighted by Crippen LogP contribution is 2.40. The van der Waals surface area contributed by atoms with Crippen LogP contribution >= 0.6 is 0 Å². The van der Waals surface area contributed by atoms with Gasteiger partial charge in [-0.15, -0.1) is 0 Å². The summed E-state index contributed by atoms with van der Waals surface area (Å²) in [7, 11) is 2.22. The topological polar surface area (TPSA) is 29.3 Å². The molecule has 1 aliphatic heterocycles. The lowest BCUT2D eigenvalue weighted by atomic mass is 9.72. The molecule has 0 saturated heterocycles. The summed E-state index contributed by atoms with van der Waals surface area (Å²) in [6.07, 6.45) is 2.30. The highest BCUT2D eigenvalue weighted by atomic mass is 15.1. The highest BCUT2D eigenvalue weighted by molar-refractivity contribution is 5.47. The van der Waals surface area contributed by atoms with Crippen molar-refractivity contribution in [1.82, 2.24) is 4.90 Å². The molecule has 2 atom stereocenters. The largest absolute Gasteiger partial charge is 0.327 e. The third-order valence-corrected chi connectivity index (χ3v) is 4.80. The molecule has 1 aromatic rings. The van der Waals surface area contributed by atoms with E-state index in [1.54, 1.807) is 11.1 Å². The number of likely N-dealkylation sites (N-methyl/N-ethyl adjacent to an activating group) is 1. The second kappa shape index (κ2) is 4.32. The molecule has 2 N–H and O–H groups in total. The quantitative estimate of drug-likeness (QED) is 0.775. The third kappa shape index (κ3) is 2.21. The van der Waals surface area contributed by atoms with Gasteiger partial charge in [0.15, 0.2) is 0 Å². The van der Waals surface area contributed by atoms with Gasteiger partial charge in [0.05, 0.1) is 0 Å². The predicted molar refractivity (Wildman–Crippen MR) is 80.5 cm³/mol. The first-order valence-electron chi connectivity index (χ1n) is 7.46. The minimum absolute atomic E-state index is 0.233. The van der Waals surface area contributed by atoms with Crippen molar-refractivity contribution >= 4 is 0 Å². The number of aryl methyl sites for hydroxylation is 1. The van der Waals surface area contributed by atoms with Crippen molar-refractivity contribution in [3.05, 3.63) is 34.4 Å². The summed E-state index contributed by atoms with van der Waals surface area (Å²) in [5, 5.41) is 0. The molecular weight excluding hydrogens is 232 g/mol. The summed E-state index contributed by atoms with van der Waals surface area (Å²) in [5.74, 6) is 0.548. The van der Waals surface area contributed by atoms with Crippen LogP contribution < -0.4 is 5.73 Å². The van der Waals surface area contributed by atoms with Crippen LogP contribution in [0, 0.1) is 0 Å². The van der Waals surface area contributed by atoms with Crippen LogP contribution in [0.3, 0.4) is 0 Å². The van der Waals surface area contributed by atoms with E-state index < -0.39 is 0 Å². The molecule has 19 heavy (non-hydrogen) atoms. The smallest absolute Gasteiger partial charge is 0.0234 e. The number of benzene rings is 1. The average Bonchev–Trinajstić information content (AvgIpc) is 2.31. The summed E-state index contributed by atoms with van der Waals surface area (Å²) >= 11 is 0. The van der Waals surface area contributed by atoms with Gasteiger partial charge < -0.3 is 10.6 Å². The van der Waals surface area contributed by atoms with Crippen LogP contribution in [0.4, 0.5) is 0 Å². The number of hydrogen-bond acceptors (Lipinski definition) is 2. The minimum Gasteiger partial charge on any atom is -0.327 e. The Hall–Kier alpha value is -0.860. The molecule has 1 heterocycles. The van der Waals surface area contributed by atoms with Crippen molar-refractivity contribution in [1.29, 1.82) is 0 Å². The Bertz CT molecular complexity index is 499. The first-order chi connectivity index (χ1) is 8.86. The average molecular weight is 258 g/mol. The number of rotatable bonds is 0. The van der Waals surface area contributed by atoms with E-state index in [9.17, 15) is 0 Å². The molecule has 104 valence electrons. The minimum atomic E-state index is 0.233. The molecule has 2 heteroatoms. The molecule has 1 aromatic carbocycles. The number of nitrogens with zero attached hydrogens (tertiary/aromatic N) is 1. The Kier molecular flexibility index (Phi) is 2.99. The monoisotopic (exact) mass is 258 g/mol. The fraction of sp³-hybridized carbons (Fsp3) is 0.647. The second-order valence-electron chi connectivity index (χ2n) is 7.46. The van der Waals surface area contributed by atoms with Crippen LogP contribution in [-0.4, -0.2) is 24.5 Å². The van der Waals surface area contributed by atoms with E-state index in [1.165, 1.54) is 11.1 Å². The van der Waals surface area contributed by atoms with Crippen molar-refractivity contribution in [2.45, 2.75) is 57.5 Å². The molecule has 0 amide bonds. The van der Waals surface area contributed by atoms with E-state index in [4.69, 9.17) is 5.73 Å². The van der Waals surface area contributed by atoms with Gasteiger partial charge in [0.1, 0.15) is 0 Å². The SMILES string of the molecule is CN1Cc2cc(C(C)(C)C)cc3c2C(C1)C(N)CC3. The molecule has 1 aliphatic carbocycles. The summed E-state index contributed by atoms with van der Waals surface area (Å²) in [4.78, 5) is 2.42. The van der Waals surface area contributed by atoms with Crippen molar-refractivity contribution in [2.75, 3.05) is 13.6 Å². The Morgan fingerprint density at radius 1 is 1.21 bits per heavy atom. The molecule has 0 fully saturated rings. The zero-order valence-electron chi connectivity index (χ0n) is 12.7. The second-order valence-corrected chi connectivity index (χ2v) is 7.46.